The molecule has 0 fully saturated rings. The summed E-state index contributed by atoms with van der Waals surface area (Å²) in [4.78, 5) is 9.83. The molecule has 5 aromatic rings. The van der Waals surface area contributed by atoms with E-state index in [1.165, 1.54) is 10.8 Å². The SMILES string of the molecule is Cc1ccc(-c2nc3c(-c4cc(-c5ccccn5)cc(C(C)(C)C)c4)cc([Si](C)(C)C)cc3n2C)c(O)c1. The van der Waals surface area contributed by atoms with Crippen LogP contribution in [0.2, 0.25) is 19.6 Å². The van der Waals surface area contributed by atoms with Gasteiger partial charge in [-0.1, -0.05) is 69.9 Å². The van der Waals surface area contributed by atoms with Gasteiger partial charge in [0.05, 0.1) is 30.4 Å². The van der Waals surface area contributed by atoms with Crippen molar-refractivity contribution in [3.8, 4) is 39.5 Å². The third-order valence-electron chi connectivity index (χ3n) is 7.32. The fraction of sp³-hybridized carbons (Fsp3) is 0.273. The van der Waals surface area contributed by atoms with Crippen LogP contribution >= 0.6 is 0 Å². The van der Waals surface area contributed by atoms with E-state index in [0.717, 1.165) is 50.4 Å². The van der Waals surface area contributed by atoms with Gasteiger partial charge < -0.3 is 9.67 Å². The Morgan fingerprint density at radius 1 is 0.842 bits per heavy atom. The molecule has 0 amide bonds. The second-order valence-corrected chi connectivity index (χ2v) is 17.5. The highest BCUT2D eigenvalue weighted by molar-refractivity contribution is 6.88. The predicted octanol–water partition coefficient (Wildman–Crippen LogP) is 7.83. The molecule has 0 radical (unpaired) electrons. The van der Waals surface area contributed by atoms with Crippen molar-refractivity contribution in [1.29, 1.82) is 0 Å². The first-order valence-corrected chi connectivity index (χ1v) is 16.7. The van der Waals surface area contributed by atoms with Gasteiger partial charge in [-0.05, 0) is 71.5 Å². The quantitative estimate of drug-likeness (QED) is 0.246. The van der Waals surface area contributed by atoms with Crippen LogP contribution in [0.5, 0.6) is 5.75 Å². The molecule has 0 saturated heterocycles. The highest BCUT2D eigenvalue weighted by Crippen LogP contribution is 2.38. The molecule has 4 nitrogen and oxygen atoms in total. The minimum Gasteiger partial charge on any atom is -0.507 e. The lowest BCUT2D eigenvalue weighted by molar-refractivity contribution is 0.476. The molecule has 0 aliphatic rings. The predicted molar refractivity (Wildman–Crippen MR) is 163 cm³/mol. The summed E-state index contributed by atoms with van der Waals surface area (Å²) < 4.78 is 2.13. The van der Waals surface area contributed by atoms with Gasteiger partial charge in [-0.2, -0.15) is 0 Å². The molecular weight excluding hydrogens is 482 g/mol. The molecule has 0 spiro atoms. The molecule has 5 rings (SSSR count). The number of nitrogens with zero attached hydrogens (tertiary/aromatic N) is 3. The van der Waals surface area contributed by atoms with Crippen molar-refractivity contribution < 1.29 is 5.11 Å². The average Bonchev–Trinajstić information content (AvgIpc) is 3.19. The number of imidazole rings is 1. The number of pyridine rings is 1. The number of fused-ring (bicyclic) bond motifs is 1. The van der Waals surface area contributed by atoms with Crippen molar-refractivity contribution in [2.45, 2.75) is 52.8 Å². The first-order chi connectivity index (χ1) is 17.8. The third-order valence-corrected chi connectivity index (χ3v) is 9.34. The lowest BCUT2D eigenvalue weighted by Gasteiger charge is -2.23. The summed E-state index contributed by atoms with van der Waals surface area (Å²) >= 11 is 0. The van der Waals surface area contributed by atoms with E-state index in [4.69, 9.17) is 4.98 Å². The van der Waals surface area contributed by atoms with Gasteiger partial charge in [0.2, 0.25) is 0 Å². The Hall–Kier alpha value is -3.70. The summed E-state index contributed by atoms with van der Waals surface area (Å²) in [6.07, 6.45) is 1.85. The van der Waals surface area contributed by atoms with Crippen LogP contribution in [-0.2, 0) is 12.5 Å². The Morgan fingerprint density at radius 3 is 2.21 bits per heavy atom. The number of benzene rings is 3. The molecular formula is C33H37N3OSi. The van der Waals surface area contributed by atoms with Gasteiger partial charge in [0, 0.05) is 24.4 Å². The van der Waals surface area contributed by atoms with E-state index in [1.807, 2.05) is 44.4 Å². The van der Waals surface area contributed by atoms with Crippen LogP contribution in [0.25, 0.3) is 44.8 Å². The summed E-state index contributed by atoms with van der Waals surface area (Å²) in [7, 11) is 0.392. The molecule has 194 valence electrons. The molecule has 2 heterocycles. The molecule has 0 bridgehead atoms. The van der Waals surface area contributed by atoms with E-state index in [2.05, 4.69) is 86.4 Å². The molecule has 38 heavy (non-hydrogen) atoms. The number of aryl methyl sites for hydroxylation is 2. The van der Waals surface area contributed by atoms with E-state index in [1.54, 1.807) is 6.07 Å². The van der Waals surface area contributed by atoms with E-state index in [-0.39, 0.29) is 11.2 Å². The molecule has 0 unspecified atom stereocenters. The lowest BCUT2D eigenvalue weighted by Crippen LogP contribution is -2.37. The number of phenols is 1. The van der Waals surface area contributed by atoms with Crippen LogP contribution in [-0.4, -0.2) is 27.7 Å². The smallest absolute Gasteiger partial charge is 0.144 e. The fourth-order valence-corrected chi connectivity index (χ4v) is 6.06. The molecule has 0 aliphatic carbocycles. The van der Waals surface area contributed by atoms with E-state index >= 15 is 0 Å². The fourth-order valence-electron chi connectivity index (χ4n) is 4.91. The van der Waals surface area contributed by atoms with Crippen molar-refractivity contribution in [3.05, 3.63) is 84.1 Å². The Balaban J connectivity index is 1.84. The monoisotopic (exact) mass is 519 g/mol. The van der Waals surface area contributed by atoms with Gasteiger partial charge in [0.15, 0.2) is 0 Å². The van der Waals surface area contributed by atoms with Crippen molar-refractivity contribution >= 4 is 24.3 Å². The third kappa shape index (κ3) is 4.79. The second-order valence-electron chi connectivity index (χ2n) is 12.4. The molecule has 1 N–H and O–H groups in total. The van der Waals surface area contributed by atoms with E-state index < -0.39 is 8.07 Å². The van der Waals surface area contributed by atoms with Crippen molar-refractivity contribution in [2.75, 3.05) is 0 Å². The van der Waals surface area contributed by atoms with Gasteiger partial charge in [0.25, 0.3) is 0 Å². The van der Waals surface area contributed by atoms with Crippen LogP contribution < -0.4 is 5.19 Å². The highest BCUT2D eigenvalue weighted by Gasteiger charge is 2.24. The first-order valence-electron chi connectivity index (χ1n) is 13.2. The molecule has 3 aromatic carbocycles. The Kier molecular flexibility index (Phi) is 6.31. The maximum atomic E-state index is 10.8. The summed E-state index contributed by atoms with van der Waals surface area (Å²) in [5.74, 6) is 1.02. The van der Waals surface area contributed by atoms with Gasteiger partial charge in [-0.25, -0.2) is 4.98 Å². The number of phenolic OH excluding ortho intramolecular Hbond substituents is 1. The number of hydrogen-bond acceptors (Lipinski definition) is 3. The van der Waals surface area contributed by atoms with E-state index in [0.29, 0.717) is 0 Å². The molecule has 5 heteroatoms. The van der Waals surface area contributed by atoms with Crippen LogP contribution in [0.4, 0.5) is 0 Å². The minimum atomic E-state index is -1.66. The van der Waals surface area contributed by atoms with Crippen molar-refractivity contribution in [3.63, 3.8) is 0 Å². The number of aromatic hydroxyl groups is 1. The zero-order valence-electron chi connectivity index (χ0n) is 23.7. The summed E-state index contributed by atoms with van der Waals surface area (Å²) in [6.45, 7) is 15.9. The van der Waals surface area contributed by atoms with E-state index in [9.17, 15) is 5.11 Å². The topological polar surface area (TPSA) is 50.9 Å². The largest absolute Gasteiger partial charge is 0.507 e. The number of aromatic nitrogens is 3. The highest BCUT2D eigenvalue weighted by atomic mass is 28.3. The minimum absolute atomic E-state index is 0.0298. The maximum Gasteiger partial charge on any atom is 0.144 e. The molecule has 0 atom stereocenters. The Bertz CT molecular complexity index is 1650. The lowest BCUT2D eigenvalue weighted by atomic mass is 9.83. The summed E-state index contributed by atoms with van der Waals surface area (Å²) in [5, 5.41) is 12.2. The van der Waals surface area contributed by atoms with Crippen molar-refractivity contribution in [2.24, 2.45) is 7.05 Å². The molecule has 2 aromatic heterocycles. The average molecular weight is 520 g/mol. The zero-order chi connectivity index (χ0) is 27.4. The molecule has 0 saturated carbocycles. The normalized spacial score (nSPS) is 12.3. The van der Waals surface area contributed by atoms with Gasteiger partial charge in [-0.15, -0.1) is 0 Å². The molecule has 0 aliphatic heterocycles. The maximum absolute atomic E-state index is 10.8. The summed E-state index contributed by atoms with van der Waals surface area (Å²) in [5.41, 5.74) is 9.35. The number of rotatable bonds is 4. The Morgan fingerprint density at radius 2 is 1.58 bits per heavy atom. The van der Waals surface area contributed by atoms with Gasteiger partial charge in [0.1, 0.15) is 11.6 Å². The summed E-state index contributed by atoms with van der Waals surface area (Å²) in [6, 6.07) is 23.3. The van der Waals surface area contributed by atoms with Gasteiger partial charge in [-0.3, -0.25) is 4.98 Å². The van der Waals surface area contributed by atoms with Crippen LogP contribution in [0.1, 0.15) is 31.9 Å². The zero-order valence-corrected chi connectivity index (χ0v) is 24.7. The van der Waals surface area contributed by atoms with Crippen LogP contribution in [0.15, 0.2) is 72.9 Å². The second kappa shape index (κ2) is 9.24. The number of hydrogen-bond donors (Lipinski definition) is 1. The van der Waals surface area contributed by atoms with Gasteiger partial charge >= 0.3 is 0 Å². The first kappa shape index (κ1) is 25.9. The van der Waals surface area contributed by atoms with Crippen molar-refractivity contribution in [1.82, 2.24) is 14.5 Å². The van der Waals surface area contributed by atoms with Crippen LogP contribution in [0.3, 0.4) is 0 Å². The Labute approximate surface area is 227 Å². The standard InChI is InChI=1S/C33H37N3OSi/c1-21-12-13-26(30(37)15-21)32-35-31-27(19-25(38(6,7)8)20-29(31)36(32)5)22-16-23(28-11-9-10-14-34-28)18-24(17-22)33(2,3)4/h9-20,37H,1-8H3. The van der Waals surface area contributed by atoms with Crippen LogP contribution in [0, 0.1) is 6.92 Å².